The minimum atomic E-state index is -0.718. The summed E-state index contributed by atoms with van der Waals surface area (Å²) in [5, 5.41) is 5.17. The Labute approximate surface area is 223 Å². The minimum Gasteiger partial charge on any atom is -0.486 e. The third-order valence-corrected chi connectivity index (χ3v) is 6.19. The average molecular weight is 540 g/mol. The predicted molar refractivity (Wildman–Crippen MR) is 141 cm³/mol. The van der Waals surface area contributed by atoms with Crippen LogP contribution in [0.2, 0.25) is 0 Å². The number of nitrogens with zero attached hydrogens (tertiary/aromatic N) is 2. The number of benzene rings is 2. The second-order valence-electron chi connectivity index (χ2n) is 9.05. The zero-order chi connectivity index (χ0) is 27.9. The fraction of sp³-hybridized carbons (Fsp3) is 0.286. The van der Waals surface area contributed by atoms with Crippen LogP contribution in [0.3, 0.4) is 0 Å². The summed E-state index contributed by atoms with van der Waals surface area (Å²) in [4.78, 5) is 32.8. The molecule has 2 amide bonds. The Kier molecular flexibility index (Phi) is 8.80. The number of amides is 2. The van der Waals surface area contributed by atoms with Crippen molar-refractivity contribution in [3.05, 3.63) is 77.1 Å². The van der Waals surface area contributed by atoms with Gasteiger partial charge in [-0.15, -0.1) is 0 Å². The lowest BCUT2D eigenvalue weighted by molar-refractivity contribution is -0.116. The van der Waals surface area contributed by atoms with Crippen molar-refractivity contribution in [2.24, 2.45) is 0 Å². The molecular weight excluding hydrogens is 511 g/mol. The Balaban J connectivity index is 1.52. The highest BCUT2D eigenvalue weighted by molar-refractivity contribution is 6.05. The van der Waals surface area contributed by atoms with Crippen molar-refractivity contribution in [3.8, 4) is 17.0 Å². The van der Waals surface area contributed by atoms with Crippen LogP contribution in [0.4, 0.5) is 24.7 Å². The molecule has 1 aliphatic carbocycles. The van der Waals surface area contributed by atoms with Gasteiger partial charge in [-0.2, -0.15) is 0 Å². The van der Waals surface area contributed by atoms with Crippen LogP contribution in [0.5, 0.6) is 5.75 Å². The number of anilines is 2. The third kappa shape index (κ3) is 6.92. The normalized spacial score (nSPS) is 12.9. The van der Waals surface area contributed by atoms with E-state index < -0.39 is 30.1 Å². The summed E-state index contributed by atoms with van der Waals surface area (Å²) in [5.41, 5.74) is 7.71. The highest BCUT2D eigenvalue weighted by Crippen LogP contribution is 2.40. The van der Waals surface area contributed by atoms with E-state index in [-0.39, 0.29) is 53.6 Å². The number of rotatable bonds is 11. The molecule has 0 aliphatic heterocycles. The first kappa shape index (κ1) is 27.6. The van der Waals surface area contributed by atoms with Crippen molar-refractivity contribution in [1.29, 1.82) is 0 Å². The van der Waals surface area contributed by atoms with Gasteiger partial charge in [-0.1, -0.05) is 12.1 Å². The fourth-order valence-corrected chi connectivity index (χ4v) is 3.99. The summed E-state index contributed by atoms with van der Waals surface area (Å²) in [6.45, 7) is 1.17. The molecule has 1 heterocycles. The summed E-state index contributed by atoms with van der Waals surface area (Å²) in [6, 6.07) is 6.87. The monoisotopic (exact) mass is 539 g/mol. The number of aromatic nitrogens is 2. The number of nitrogens with two attached hydrogens (primary N) is 1. The number of nitrogen functional groups attached to an aromatic ring is 1. The van der Waals surface area contributed by atoms with Gasteiger partial charge in [0.25, 0.3) is 5.91 Å². The molecule has 0 radical (unpaired) electrons. The van der Waals surface area contributed by atoms with Gasteiger partial charge in [0.1, 0.15) is 30.3 Å². The van der Waals surface area contributed by atoms with E-state index in [1.54, 1.807) is 13.0 Å². The second-order valence-corrected chi connectivity index (χ2v) is 9.05. The Morgan fingerprint density at radius 2 is 1.97 bits per heavy atom. The number of ether oxygens (including phenoxy) is 1. The molecule has 1 fully saturated rings. The molecule has 0 unspecified atom stereocenters. The van der Waals surface area contributed by atoms with E-state index in [1.165, 1.54) is 36.7 Å². The van der Waals surface area contributed by atoms with Crippen LogP contribution >= 0.6 is 0 Å². The van der Waals surface area contributed by atoms with Gasteiger partial charge in [0.15, 0.2) is 11.6 Å². The maximum atomic E-state index is 14.7. The maximum Gasteiger partial charge on any atom is 0.258 e. The van der Waals surface area contributed by atoms with Crippen LogP contribution < -0.4 is 21.1 Å². The molecule has 8 nitrogen and oxygen atoms in total. The van der Waals surface area contributed by atoms with E-state index in [2.05, 4.69) is 20.6 Å². The van der Waals surface area contributed by atoms with E-state index in [4.69, 9.17) is 10.5 Å². The Hall–Kier alpha value is -4.41. The van der Waals surface area contributed by atoms with Crippen molar-refractivity contribution in [1.82, 2.24) is 15.3 Å². The van der Waals surface area contributed by atoms with E-state index in [0.717, 1.165) is 24.5 Å². The molecular formula is C28H28F3N5O3. The number of halogens is 3. The van der Waals surface area contributed by atoms with E-state index in [9.17, 15) is 22.8 Å². The molecule has 4 N–H and O–H groups in total. The third-order valence-electron chi connectivity index (χ3n) is 6.19. The molecule has 3 aromatic rings. The van der Waals surface area contributed by atoms with Crippen molar-refractivity contribution >= 4 is 23.3 Å². The number of allylic oxidation sites excluding steroid dienone is 1. The summed E-state index contributed by atoms with van der Waals surface area (Å²) in [7, 11) is 0. The van der Waals surface area contributed by atoms with Crippen molar-refractivity contribution in [2.45, 2.75) is 32.1 Å². The Bertz CT molecular complexity index is 1410. The van der Waals surface area contributed by atoms with Crippen LogP contribution in [0.15, 0.2) is 48.8 Å². The summed E-state index contributed by atoms with van der Waals surface area (Å²) < 4.78 is 47.2. The number of carbonyl (C=O) groups excluding carboxylic acids is 2. The highest BCUT2D eigenvalue weighted by Gasteiger charge is 2.25. The zero-order valence-corrected chi connectivity index (χ0v) is 21.3. The van der Waals surface area contributed by atoms with Crippen LogP contribution in [0, 0.1) is 18.6 Å². The van der Waals surface area contributed by atoms with Crippen molar-refractivity contribution in [3.63, 3.8) is 0 Å². The molecule has 204 valence electrons. The van der Waals surface area contributed by atoms with Crippen molar-refractivity contribution in [2.75, 3.05) is 30.9 Å². The standard InChI is InChI=1S/C28H28F3N5O3/c1-16-21(25-26(27(32)35-15-34-25)39-11-10-33-24(37)4-2-3-9-29)13-19(30)14-23(16)36-28(38)20-8-7-18(12-22(20)31)17-5-6-17/h2,4,7-8,12-15,17H,3,5-6,9-11H2,1H3,(H,33,37)(H,36,38)(H2,32,34,35). The van der Waals surface area contributed by atoms with Gasteiger partial charge in [0.2, 0.25) is 5.91 Å². The molecule has 1 aromatic heterocycles. The number of nitrogens with one attached hydrogen (secondary N) is 2. The van der Waals surface area contributed by atoms with Gasteiger partial charge in [-0.05, 0) is 73.6 Å². The number of alkyl halides is 1. The van der Waals surface area contributed by atoms with Gasteiger partial charge in [0.05, 0.1) is 18.8 Å². The van der Waals surface area contributed by atoms with E-state index >= 15 is 0 Å². The quantitative estimate of drug-likeness (QED) is 0.237. The minimum absolute atomic E-state index is 0.0125. The second kappa shape index (κ2) is 12.4. The predicted octanol–water partition coefficient (Wildman–Crippen LogP) is 4.85. The van der Waals surface area contributed by atoms with Gasteiger partial charge in [-0.3, -0.25) is 14.0 Å². The average Bonchev–Trinajstić information content (AvgIpc) is 3.75. The lowest BCUT2D eigenvalue weighted by atomic mass is 10.0. The summed E-state index contributed by atoms with van der Waals surface area (Å²) in [6.07, 6.45) is 5.98. The first-order valence-electron chi connectivity index (χ1n) is 12.4. The molecule has 4 rings (SSSR count). The molecule has 0 bridgehead atoms. The van der Waals surface area contributed by atoms with E-state index in [1.807, 2.05) is 0 Å². The van der Waals surface area contributed by atoms with Gasteiger partial charge < -0.3 is 21.1 Å². The smallest absolute Gasteiger partial charge is 0.258 e. The SMILES string of the molecule is Cc1c(NC(=O)c2ccc(C3CC3)cc2F)cc(F)cc1-c1ncnc(N)c1OCCNC(=O)C=CCCF. The largest absolute Gasteiger partial charge is 0.486 e. The fourth-order valence-electron chi connectivity index (χ4n) is 3.99. The van der Waals surface area contributed by atoms with Crippen molar-refractivity contribution < 1.29 is 27.5 Å². The zero-order valence-electron chi connectivity index (χ0n) is 21.3. The van der Waals surface area contributed by atoms with Gasteiger partial charge in [-0.25, -0.2) is 18.7 Å². The lowest BCUT2D eigenvalue weighted by Crippen LogP contribution is -2.26. The molecule has 11 heteroatoms. The van der Waals surface area contributed by atoms with Gasteiger partial charge >= 0.3 is 0 Å². The highest BCUT2D eigenvalue weighted by atomic mass is 19.1. The van der Waals surface area contributed by atoms with Crippen LogP contribution in [0.25, 0.3) is 11.3 Å². The Morgan fingerprint density at radius 3 is 2.69 bits per heavy atom. The topological polar surface area (TPSA) is 119 Å². The summed E-state index contributed by atoms with van der Waals surface area (Å²) in [5.74, 6) is -2.06. The Morgan fingerprint density at radius 1 is 1.18 bits per heavy atom. The molecule has 2 aromatic carbocycles. The number of hydrogen-bond donors (Lipinski definition) is 3. The lowest BCUT2D eigenvalue weighted by Gasteiger charge is -2.17. The van der Waals surface area contributed by atoms with Crippen LogP contribution in [0.1, 0.15) is 46.7 Å². The maximum absolute atomic E-state index is 14.7. The number of carbonyl (C=O) groups is 2. The molecule has 0 atom stereocenters. The first-order valence-corrected chi connectivity index (χ1v) is 12.4. The molecule has 0 saturated heterocycles. The van der Waals surface area contributed by atoms with E-state index in [0.29, 0.717) is 11.5 Å². The molecule has 1 saturated carbocycles. The summed E-state index contributed by atoms with van der Waals surface area (Å²) >= 11 is 0. The molecule has 0 spiro atoms. The van der Waals surface area contributed by atoms with Crippen LogP contribution in [-0.2, 0) is 4.79 Å². The first-order chi connectivity index (χ1) is 18.8. The number of hydrogen-bond acceptors (Lipinski definition) is 6. The van der Waals surface area contributed by atoms with Gasteiger partial charge in [0, 0.05) is 11.3 Å². The van der Waals surface area contributed by atoms with Crippen LogP contribution in [-0.4, -0.2) is 41.6 Å². The molecule has 39 heavy (non-hydrogen) atoms. The molecule has 1 aliphatic rings.